The summed E-state index contributed by atoms with van der Waals surface area (Å²) < 4.78 is 36.2. The van der Waals surface area contributed by atoms with Gasteiger partial charge in [-0.25, -0.2) is 4.79 Å². The molecule has 1 unspecified atom stereocenters. The van der Waals surface area contributed by atoms with E-state index in [9.17, 15) is 29.7 Å². The van der Waals surface area contributed by atoms with Crippen LogP contribution >= 0.6 is 11.8 Å². The molecule has 58 heavy (non-hydrogen) atoms. The minimum Gasteiger partial charge on any atom is -0.515 e. The highest BCUT2D eigenvalue weighted by atomic mass is 32.2. The molecular formula is C42H45N3O12S. The molecule has 0 saturated carbocycles. The van der Waals surface area contributed by atoms with Crippen molar-refractivity contribution in [3.8, 4) is 40.2 Å². The first-order valence-electron chi connectivity index (χ1n) is 19.2. The van der Waals surface area contributed by atoms with E-state index in [1.807, 2.05) is 20.0 Å². The summed E-state index contributed by atoms with van der Waals surface area (Å²) in [6, 6.07) is 2.10. The summed E-state index contributed by atoms with van der Waals surface area (Å²) in [5.74, 6) is 0.570. The van der Waals surface area contributed by atoms with Crippen LogP contribution < -0.4 is 29.0 Å². The van der Waals surface area contributed by atoms with E-state index in [2.05, 4.69) is 15.1 Å². The van der Waals surface area contributed by atoms with Gasteiger partial charge in [0.1, 0.15) is 12.4 Å². The molecule has 10 rings (SSSR count). The molecule has 4 bridgehead atoms. The molecule has 7 atom stereocenters. The van der Waals surface area contributed by atoms with E-state index < -0.39 is 52.9 Å². The number of aryl methyl sites for hydroxylation is 1. The fraction of sp³-hybridized carbons (Fsp3) is 0.452. The summed E-state index contributed by atoms with van der Waals surface area (Å²) >= 11 is 1.44. The van der Waals surface area contributed by atoms with Crippen LogP contribution in [0.1, 0.15) is 68.8 Å². The lowest BCUT2D eigenvalue weighted by Crippen LogP contribution is -2.70. The fourth-order valence-corrected chi connectivity index (χ4v) is 12.3. The van der Waals surface area contributed by atoms with Gasteiger partial charge in [0, 0.05) is 59.1 Å². The van der Waals surface area contributed by atoms with Crippen LogP contribution in [-0.2, 0) is 37.5 Å². The van der Waals surface area contributed by atoms with Gasteiger partial charge < -0.3 is 43.7 Å². The maximum atomic E-state index is 14.9. The highest BCUT2D eigenvalue weighted by Gasteiger charge is 2.62. The molecule has 306 valence electrons. The van der Waals surface area contributed by atoms with Gasteiger partial charge in [0.2, 0.25) is 6.79 Å². The summed E-state index contributed by atoms with van der Waals surface area (Å²) in [6.45, 7) is 5.06. The van der Waals surface area contributed by atoms with Gasteiger partial charge in [0.05, 0.1) is 43.9 Å². The molecule has 7 aliphatic heterocycles. The maximum Gasteiger partial charge on any atom is 0.331 e. The van der Waals surface area contributed by atoms with Crippen molar-refractivity contribution in [3.05, 3.63) is 74.5 Å². The SMILES string of the molecule is COc1cc2c(cc1O)CCN[C@]21CS[C@@H]2c3c(OC(C)=O)c(C)c4c(c3[C@H](COC1=O)N1[C@@H]2[C@H]2c3c(cc(C)c(OC)c3O)CC([C@@H]1/C(C=O)=C/O)N2C)OCO4. The number of nitrogens with zero attached hydrogens (tertiary/aromatic N) is 2. The second-order valence-corrected chi connectivity index (χ2v) is 16.8. The second kappa shape index (κ2) is 14.0. The molecule has 0 aromatic heterocycles. The summed E-state index contributed by atoms with van der Waals surface area (Å²) in [5.41, 5.74) is 4.10. The number of hydrogen-bond acceptors (Lipinski definition) is 16. The molecular weight excluding hydrogens is 771 g/mol. The van der Waals surface area contributed by atoms with Crippen LogP contribution in [0.4, 0.5) is 0 Å². The average Bonchev–Trinajstić information content (AvgIpc) is 3.69. The Morgan fingerprint density at radius 3 is 2.52 bits per heavy atom. The van der Waals surface area contributed by atoms with Gasteiger partial charge in [-0.05, 0) is 68.1 Å². The van der Waals surface area contributed by atoms with Crippen molar-refractivity contribution in [3.63, 3.8) is 0 Å². The number of phenols is 2. The van der Waals surface area contributed by atoms with Crippen molar-refractivity contribution < 1.29 is 58.1 Å². The Labute approximate surface area is 338 Å². The lowest BCUT2D eigenvalue weighted by molar-refractivity contribution is -0.158. The number of thioether (sulfide) groups is 1. The zero-order chi connectivity index (χ0) is 40.9. The lowest BCUT2D eigenvalue weighted by atomic mass is 9.70. The smallest absolute Gasteiger partial charge is 0.331 e. The third kappa shape index (κ3) is 5.27. The summed E-state index contributed by atoms with van der Waals surface area (Å²) in [4.78, 5) is 45.2. The van der Waals surface area contributed by atoms with E-state index in [0.717, 1.165) is 23.0 Å². The van der Waals surface area contributed by atoms with Crippen molar-refractivity contribution in [2.75, 3.05) is 47.0 Å². The number of ether oxygens (including phenoxy) is 6. The first kappa shape index (κ1) is 38.4. The van der Waals surface area contributed by atoms with Crippen molar-refractivity contribution in [1.82, 2.24) is 15.1 Å². The van der Waals surface area contributed by atoms with Crippen LogP contribution in [0.15, 0.2) is 30.0 Å². The molecule has 16 heteroatoms. The number of likely N-dealkylation sites (N-methyl/N-ethyl adjacent to an activating group) is 1. The number of methoxy groups -OCH3 is 2. The number of nitrogens with one attached hydrogen (secondary N) is 1. The Bertz CT molecular complexity index is 2320. The Kier molecular flexibility index (Phi) is 9.26. The Morgan fingerprint density at radius 1 is 1.03 bits per heavy atom. The van der Waals surface area contributed by atoms with Crippen LogP contribution in [0.2, 0.25) is 0 Å². The molecule has 7 aliphatic rings. The number of hydrogen-bond donors (Lipinski definition) is 4. The number of piperazine rings is 1. The largest absolute Gasteiger partial charge is 0.515 e. The Balaban J connectivity index is 1.36. The van der Waals surface area contributed by atoms with Gasteiger partial charge in [-0.15, -0.1) is 11.8 Å². The van der Waals surface area contributed by atoms with Crippen LogP contribution in [0.3, 0.4) is 0 Å². The summed E-state index contributed by atoms with van der Waals surface area (Å²) in [7, 11) is 4.91. The number of phenolic OH excluding ortho intramolecular Hbond substituents is 2. The first-order valence-corrected chi connectivity index (χ1v) is 20.2. The average molecular weight is 816 g/mol. The molecule has 2 fully saturated rings. The van der Waals surface area contributed by atoms with E-state index >= 15 is 0 Å². The molecule has 3 aromatic carbocycles. The summed E-state index contributed by atoms with van der Waals surface area (Å²) in [5, 5.41) is 36.5. The molecule has 1 spiro atoms. The molecule has 0 aliphatic carbocycles. The number of aliphatic hydroxyl groups excluding tert-OH is 1. The second-order valence-electron chi connectivity index (χ2n) is 15.7. The molecule has 7 heterocycles. The van der Waals surface area contributed by atoms with Crippen LogP contribution in [0.5, 0.6) is 40.2 Å². The zero-order valence-corrected chi connectivity index (χ0v) is 33.7. The third-order valence-corrected chi connectivity index (χ3v) is 14.4. The number of rotatable bonds is 5. The van der Waals surface area contributed by atoms with Crippen molar-refractivity contribution in [2.24, 2.45) is 0 Å². The van der Waals surface area contributed by atoms with Crippen molar-refractivity contribution in [2.45, 2.75) is 74.6 Å². The van der Waals surface area contributed by atoms with Gasteiger partial charge in [0.15, 0.2) is 46.3 Å². The first-order chi connectivity index (χ1) is 27.9. The number of esters is 2. The predicted octanol–water partition coefficient (Wildman–Crippen LogP) is 4.10. The van der Waals surface area contributed by atoms with Crippen molar-refractivity contribution >= 4 is 30.0 Å². The highest BCUT2D eigenvalue weighted by Crippen LogP contribution is 2.65. The van der Waals surface area contributed by atoms with Gasteiger partial charge in [-0.1, -0.05) is 6.07 Å². The number of benzene rings is 3. The molecule has 0 radical (unpaired) electrons. The van der Waals surface area contributed by atoms with Gasteiger partial charge in [-0.2, -0.15) is 0 Å². The van der Waals surface area contributed by atoms with Crippen LogP contribution in [0.25, 0.3) is 0 Å². The van der Waals surface area contributed by atoms with Crippen LogP contribution in [0, 0.1) is 13.8 Å². The Morgan fingerprint density at radius 2 is 1.81 bits per heavy atom. The zero-order valence-electron chi connectivity index (χ0n) is 32.9. The number of aliphatic hydroxyl groups is 1. The lowest BCUT2D eigenvalue weighted by Gasteiger charge is -2.63. The minimum atomic E-state index is -1.41. The maximum absolute atomic E-state index is 14.9. The van der Waals surface area contributed by atoms with E-state index in [-0.39, 0.29) is 47.7 Å². The normalized spacial score (nSPS) is 28.4. The quantitative estimate of drug-likeness (QED) is 0.0948. The van der Waals surface area contributed by atoms with E-state index in [4.69, 9.17) is 28.4 Å². The number of fused-ring (bicyclic) bond motifs is 9. The monoisotopic (exact) mass is 815 g/mol. The topological polar surface area (TPSA) is 186 Å². The standard InChI is InChI=1S/C42H45N3O12S/c1-18-9-22-10-25-32(23(13-46)14-47)45-26-15-54-41(51)42(24-12-28(52-5)27(49)11-21(24)7-8-43-42)16-58-40(34(45)33(44(25)4)29(22)35(50)36(18)53-6)31-30(26)39-38(55-17-56-39)19(2)37(31)57-20(3)48/h9,11-14,25-26,32-34,40,43,46,49-50H,7-8,10,15-17H2,1-6H3/b23-13+/t25?,26-,32-,33+,34+,40+,42+/m0/s1. The molecule has 4 N–H and O–H groups in total. The van der Waals surface area contributed by atoms with E-state index in [1.54, 1.807) is 19.1 Å². The predicted molar refractivity (Wildman–Crippen MR) is 209 cm³/mol. The molecule has 15 nitrogen and oxygen atoms in total. The molecule has 2 saturated heterocycles. The Hall–Kier alpha value is -5.16. The minimum absolute atomic E-state index is 0.00236. The highest BCUT2D eigenvalue weighted by molar-refractivity contribution is 7.99. The van der Waals surface area contributed by atoms with Gasteiger partial charge in [0.25, 0.3) is 0 Å². The number of carbonyl (C=O) groups excluding carboxylic acids is 3. The number of carbonyl (C=O) groups is 3. The van der Waals surface area contributed by atoms with Crippen molar-refractivity contribution in [1.29, 1.82) is 0 Å². The third-order valence-electron chi connectivity index (χ3n) is 12.9. The van der Waals surface area contributed by atoms with Gasteiger partial charge in [-0.3, -0.25) is 24.7 Å². The number of aldehydes is 1. The van der Waals surface area contributed by atoms with Gasteiger partial charge >= 0.3 is 11.9 Å². The van der Waals surface area contributed by atoms with E-state index in [1.165, 1.54) is 32.9 Å². The summed E-state index contributed by atoms with van der Waals surface area (Å²) in [6.07, 6.45) is 2.43. The fourth-order valence-electron chi connectivity index (χ4n) is 10.6. The molecule has 3 aromatic rings. The number of aromatic hydroxyl groups is 2. The molecule has 0 amide bonds. The van der Waals surface area contributed by atoms with E-state index in [0.29, 0.717) is 70.7 Å². The van der Waals surface area contributed by atoms with Crippen LogP contribution in [-0.4, -0.2) is 108 Å².